The zero-order chi connectivity index (χ0) is 5.28. The summed E-state index contributed by atoms with van der Waals surface area (Å²) in [7, 11) is 0. The molecular formula is C4H7N2S+. The van der Waals surface area contributed by atoms with Crippen LogP contribution in [0.5, 0.6) is 0 Å². The first-order valence-corrected chi connectivity index (χ1v) is 2.92. The predicted octanol–water partition coefficient (Wildman–Crippen LogP) is 0.574. The Hall–Kier alpha value is -0.440. The second kappa shape index (κ2) is 1.58. The third-order valence-corrected chi connectivity index (χ3v) is 1.46. The van der Waals surface area contributed by atoms with Crippen molar-refractivity contribution in [3.63, 3.8) is 0 Å². The van der Waals surface area contributed by atoms with E-state index in [0.29, 0.717) is 0 Å². The number of aromatic nitrogens is 2. The second-order valence-electron chi connectivity index (χ2n) is 1.40. The van der Waals surface area contributed by atoms with E-state index in [1.165, 1.54) is 0 Å². The Bertz CT molecular complexity index is 142. The molecule has 1 rings (SSSR count). The van der Waals surface area contributed by atoms with Crippen LogP contribution in [0.4, 0.5) is 0 Å². The summed E-state index contributed by atoms with van der Waals surface area (Å²) < 4.78 is 0. The molecule has 0 aliphatic carbocycles. The minimum absolute atomic E-state index is 1.09. The fourth-order valence-electron chi connectivity index (χ4n) is 0.425. The molecule has 1 aromatic heterocycles. The first-order chi connectivity index (χ1) is 3.29. The van der Waals surface area contributed by atoms with Crippen LogP contribution in [0.2, 0.25) is 0 Å². The van der Waals surface area contributed by atoms with E-state index in [0.717, 1.165) is 10.0 Å². The minimum Gasteiger partial charge on any atom is -0.0928 e. The summed E-state index contributed by atoms with van der Waals surface area (Å²) in [5.41, 5.74) is 0. The average Bonchev–Trinajstić information content (AvgIpc) is 1.87. The lowest BCUT2D eigenvalue weighted by atomic mass is 10.9. The Morgan fingerprint density at radius 3 is 2.43 bits per heavy atom. The van der Waals surface area contributed by atoms with Gasteiger partial charge in [-0.3, -0.25) is 0 Å². The van der Waals surface area contributed by atoms with Crippen LogP contribution < -0.4 is 5.10 Å². The molecule has 0 amide bonds. The van der Waals surface area contributed by atoms with Crippen LogP contribution in [0.15, 0.2) is 0 Å². The van der Waals surface area contributed by atoms with E-state index in [4.69, 9.17) is 0 Å². The lowest BCUT2D eigenvalue weighted by molar-refractivity contribution is -0.455. The van der Waals surface area contributed by atoms with Gasteiger partial charge in [0.2, 0.25) is 0 Å². The van der Waals surface area contributed by atoms with E-state index in [1.54, 1.807) is 11.3 Å². The van der Waals surface area contributed by atoms with E-state index in [9.17, 15) is 0 Å². The number of nitrogens with zero attached hydrogens (tertiary/aromatic N) is 1. The maximum atomic E-state index is 3.91. The molecular weight excluding hydrogens is 108 g/mol. The summed E-state index contributed by atoms with van der Waals surface area (Å²) >= 11 is 1.68. The molecule has 0 bridgehead atoms. The van der Waals surface area contributed by atoms with Crippen molar-refractivity contribution in [2.24, 2.45) is 0 Å². The number of nitrogens with one attached hydrogen (secondary N) is 1. The highest BCUT2D eigenvalue weighted by molar-refractivity contribution is 7.10. The fourth-order valence-corrected chi connectivity index (χ4v) is 1.05. The van der Waals surface area contributed by atoms with Gasteiger partial charge in [0.05, 0.1) is 0 Å². The largest absolute Gasteiger partial charge is 0.259 e. The van der Waals surface area contributed by atoms with Crippen LogP contribution in [0.1, 0.15) is 10.0 Å². The molecule has 0 unspecified atom stereocenters. The van der Waals surface area contributed by atoms with Crippen molar-refractivity contribution in [3.8, 4) is 0 Å². The van der Waals surface area contributed by atoms with Crippen LogP contribution in [0.3, 0.4) is 0 Å². The number of aromatic amines is 1. The van der Waals surface area contributed by atoms with Gasteiger partial charge in [-0.2, -0.15) is 0 Å². The van der Waals surface area contributed by atoms with E-state index < -0.39 is 0 Å². The van der Waals surface area contributed by atoms with Crippen molar-refractivity contribution in [1.82, 2.24) is 5.10 Å². The van der Waals surface area contributed by atoms with Gasteiger partial charge in [-0.1, -0.05) is 16.4 Å². The molecule has 38 valence electrons. The molecule has 1 N–H and O–H groups in total. The van der Waals surface area contributed by atoms with Crippen molar-refractivity contribution in [1.29, 1.82) is 0 Å². The molecule has 0 aliphatic heterocycles. The summed E-state index contributed by atoms with van der Waals surface area (Å²) in [6.45, 7) is 3.98. The molecule has 0 spiro atoms. The number of hydrogen-bond acceptors (Lipinski definition) is 2. The molecule has 3 heteroatoms. The first kappa shape index (κ1) is 4.71. The van der Waals surface area contributed by atoms with E-state index in [1.807, 2.05) is 13.8 Å². The normalized spacial score (nSPS) is 9.43. The zero-order valence-corrected chi connectivity index (χ0v) is 5.17. The minimum atomic E-state index is 1.09. The van der Waals surface area contributed by atoms with Gasteiger partial charge in [0.15, 0.2) is 5.01 Å². The van der Waals surface area contributed by atoms with E-state index in [2.05, 4.69) is 10.2 Å². The van der Waals surface area contributed by atoms with Gasteiger partial charge < -0.3 is 0 Å². The zero-order valence-electron chi connectivity index (χ0n) is 4.36. The van der Waals surface area contributed by atoms with Crippen LogP contribution in [-0.4, -0.2) is 5.10 Å². The summed E-state index contributed by atoms with van der Waals surface area (Å²) in [5, 5.41) is 9.01. The van der Waals surface area contributed by atoms with Crippen molar-refractivity contribution in [3.05, 3.63) is 10.0 Å². The van der Waals surface area contributed by atoms with E-state index >= 15 is 0 Å². The van der Waals surface area contributed by atoms with E-state index in [-0.39, 0.29) is 0 Å². The molecule has 0 aliphatic rings. The average molecular weight is 115 g/mol. The van der Waals surface area contributed by atoms with Crippen LogP contribution in [-0.2, 0) is 0 Å². The Morgan fingerprint density at radius 1 is 1.57 bits per heavy atom. The maximum absolute atomic E-state index is 3.91. The molecule has 2 nitrogen and oxygen atoms in total. The molecule has 0 saturated carbocycles. The van der Waals surface area contributed by atoms with Gasteiger partial charge in [0.1, 0.15) is 0 Å². The van der Waals surface area contributed by atoms with Crippen LogP contribution in [0, 0.1) is 13.8 Å². The smallest absolute Gasteiger partial charge is 0.0928 e. The third-order valence-electron chi connectivity index (χ3n) is 0.672. The second-order valence-corrected chi connectivity index (χ2v) is 2.81. The molecule has 0 fully saturated rings. The highest BCUT2D eigenvalue weighted by atomic mass is 32.1. The van der Waals surface area contributed by atoms with Crippen molar-refractivity contribution in [2.75, 3.05) is 0 Å². The summed E-state index contributed by atoms with van der Waals surface area (Å²) in [5.74, 6) is 0. The number of H-pyrrole nitrogens is 1. The fraction of sp³-hybridized carbons (Fsp3) is 0.500. The maximum Gasteiger partial charge on any atom is 0.259 e. The molecule has 0 atom stereocenters. The van der Waals surface area contributed by atoms with Gasteiger partial charge in [-0.05, 0) is 6.92 Å². The van der Waals surface area contributed by atoms with Gasteiger partial charge in [0.25, 0.3) is 5.01 Å². The van der Waals surface area contributed by atoms with Gasteiger partial charge >= 0.3 is 0 Å². The molecule has 1 aromatic rings. The Balaban J connectivity index is 3.04. The number of hydrogen-bond donors (Lipinski definition) is 0. The number of aryl methyl sites for hydroxylation is 2. The summed E-state index contributed by atoms with van der Waals surface area (Å²) in [6.07, 6.45) is 0. The third kappa shape index (κ3) is 0.962. The SMILES string of the molecule is Cc1n[nH+]c(C)s1. The van der Waals surface area contributed by atoms with Gasteiger partial charge in [0, 0.05) is 12.0 Å². The number of rotatable bonds is 0. The molecule has 1 heterocycles. The quantitative estimate of drug-likeness (QED) is 0.485. The van der Waals surface area contributed by atoms with Gasteiger partial charge in [-0.15, -0.1) is 0 Å². The molecule has 7 heavy (non-hydrogen) atoms. The molecule has 0 saturated heterocycles. The molecule has 0 aromatic carbocycles. The standard InChI is InChI=1S/C4H6N2S/c1-3-5-6-4(2)7-3/h1-2H3/p+1. The summed E-state index contributed by atoms with van der Waals surface area (Å²) in [6, 6.07) is 0. The van der Waals surface area contributed by atoms with Crippen molar-refractivity contribution < 1.29 is 5.10 Å². The monoisotopic (exact) mass is 115 g/mol. The van der Waals surface area contributed by atoms with Crippen LogP contribution in [0.25, 0.3) is 0 Å². The van der Waals surface area contributed by atoms with Crippen molar-refractivity contribution in [2.45, 2.75) is 13.8 Å². The van der Waals surface area contributed by atoms with Crippen molar-refractivity contribution >= 4 is 11.3 Å². The topological polar surface area (TPSA) is 27.0 Å². The first-order valence-electron chi connectivity index (χ1n) is 2.11. The lowest BCUT2D eigenvalue weighted by Gasteiger charge is -1.58. The summed E-state index contributed by atoms with van der Waals surface area (Å²) in [4.78, 5) is 0. The molecule has 0 radical (unpaired) electrons. The predicted molar refractivity (Wildman–Crippen MR) is 28.1 cm³/mol. The highest BCUT2D eigenvalue weighted by Gasteiger charge is 1.96. The lowest BCUT2D eigenvalue weighted by Crippen LogP contribution is -2.03. The Labute approximate surface area is 46.2 Å². The Kier molecular flexibility index (Phi) is 1.06. The Morgan fingerprint density at radius 2 is 2.29 bits per heavy atom. The highest BCUT2D eigenvalue weighted by Crippen LogP contribution is 2.00. The van der Waals surface area contributed by atoms with Crippen LogP contribution >= 0.6 is 11.3 Å². The van der Waals surface area contributed by atoms with Gasteiger partial charge in [-0.25, -0.2) is 0 Å².